The second-order valence-corrected chi connectivity index (χ2v) is 17.2. The molecule has 0 saturated heterocycles. The summed E-state index contributed by atoms with van der Waals surface area (Å²) in [6.07, 6.45) is 16.7. The molecular weight excluding hydrogens is 841 g/mol. The largest absolute Gasteiger partial charge is 0.550 e. The fraction of sp³-hybridized carbons (Fsp3) is 0.636. The fourth-order valence-corrected chi connectivity index (χ4v) is 7.42. The summed E-state index contributed by atoms with van der Waals surface area (Å²) in [5.41, 5.74) is 2.42. The molecule has 0 spiro atoms. The lowest BCUT2D eigenvalue weighted by molar-refractivity contribution is -0.529. The van der Waals surface area contributed by atoms with Gasteiger partial charge in [-0.05, 0) is 49.9 Å². The van der Waals surface area contributed by atoms with Crippen molar-refractivity contribution in [2.75, 3.05) is 49.1 Å². The zero-order chi connectivity index (χ0) is 45.3. The molecule has 3 rings (SSSR count). The average molecular weight is 909 g/mol. The van der Waals surface area contributed by atoms with Crippen LogP contribution in [0.1, 0.15) is 131 Å². The number of halogens is 6. The van der Waals surface area contributed by atoms with Crippen molar-refractivity contribution < 1.29 is 48.6 Å². The van der Waals surface area contributed by atoms with Gasteiger partial charge in [-0.3, -0.25) is 0 Å². The van der Waals surface area contributed by atoms with E-state index in [1.54, 1.807) is 4.13 Å². The van der Waals surface area contributed by atoms with Gasteiger partial charge in [0.15, 0.2) is 21.4 Å². The molecule has 346 valence electrons. The van der Waals surface area contributed by atoms with Crippen LogP contribution >= 0.6 is 12.2 Å². The summed E-state index contributed by atoms with van der Waals surface area (Å²) < 4.78 is 97.9. The van der Waals surface area contributed by atoms with Crippen molar-refractivity contribution >= 4 is 56.4 Å². The number of hydrogen-bond acceptors (Lipinski definition) is 7. The Balaban J connectivity index is 0.000000724. The average Bonchev–Trinajstić information content (AvgIpc) is 3.23. The molecular formula is C44H68F6N5O4S2+. The normalized spacial score (nSPS) is 13.2. The van der Waals surface area contributed by atoms with E-state index in [2.05, 4.69) is 130 Å². The van der Waals surface area contributed by atoms with E-state index in [0.29, 0.717) is 0 Å². The number of rotatable bonds is 26. The Kier molecular flexibility index (Phi) is 25.3. The van der Waals surface area contributed by atoms with E-state index in [1.165, 1.54) is 124 Å². The first kappa shape index (κ1) is 54.0. The van der Waals surface area contributed by atoms with Gasteiger partial charge in [0, 0.05) is 99.7 Å². The van der Waals surface area contributed by atoms with E-state index in [1.807, 2.05) is 0 Å². The topological polar surface area (TPSA) is 79.2 Å². The van der Waals surface area contributed by atoms with E-state index < -0.39 is 34.1 Å². The number of anilines is 2. The molecule has 2 aromatic carbocycles. The quantitative estimate of drug-likeness (QED) is 0.0177. The lowest BCUT2D eigenvalue weighted by atomic mass is 10.0. The molecule has 9 nitrogen and oxygen atoms in total. The summed E-state index contributed by atoms with van der Waals surface area (Å²) in [4.78, 5) is 7.66. The van der Waals surface area contributed by atoms with Crippen LogP contribution in [0.25, 0.3) is 4.13 Å². The highest BCUT2D eigenvalue weighted by Crippen LogP contribution is 2.34. The Bertz CT molecular complexity index is 1640. The Labute approximate surface area is 365 Å². The zero-order valence-electron chi connectivity index (χ0n) is 36.9. The number of benzene rings is 2. The maximum Gasteiger partial charge on any atom is 0.550 e. The molecule has 0 fully saturated rings. The monoisotopic (exact) mass is 908 g/mol. The molecule has 0 amide bonds. The molecule has 1 aliphatic rings. The van der Waals surface area contributed by atoms with E-state index in [0.717, 1.165) is 39.0 Å². The van der Waals surface area contributed by atoms with Crippen molar-refractivity contribution in [1.29, 1.82) is 0 Å². The first-order chi connectivity index (χ1) is 29.0. The number of nitrogens with zero attached hydrogens (tertiary/aromatic N) is 5. The van der Waals surface area contributed by atoms with Gasteiger partial charge in [-0.2, -0.15) is 22.1 Å². The van der Waals surface area contributed by atoms with Gasteiger partial charge < -0.3 is 13.9 Å². The highest BCUT2D eigenvalue weighted by atomic mass is 32.3. The highest BCUT2D eigenvalue weighted by Gasteiger charge is 2.39. The van der Waals surface area contributed by atoms with Gasteiger partial charge in [0.25, 0.3) is 0 Å². The number of alkyl halides is 6. The van der Waals surface area contributed by atoms with Gasteiger partial charge >= 0.3 is 11.9 Å². The molecule has 0 unspecified atom stereocenters. The molecule has 0 N–H and O–H groups in total. The van der Waals surface area contributed by atoms with E-state index in [4.69, 9.17) is 0 Å². The van der Waals surface area contributed by atoms with Crippen LogP contribution in [-0.2, 0) is 19.2 Å². The van der Waals surface area contributed by atoms with Crippen molar-refractivity contribution in [2.24, 2.45) is 0 Å². The van der Waals surface area contributed by atoms with Crippen molar-refractivity contribution in [3.05, 3.63) is 64.8 Å². The first-order valence-corrected chi connectivity index (χ1v) is 24.0. The molecule has 0 radical (unpaired) electrons. The van der Waals surface area contributed by atoms with E-state index in [9.17, 15) is 34.8 Å². The molecule has 0 atom stereocenters. The minimum Gasteiger partial charge on any atom is -0.458 e. The van der Waals surface area contributed by atoms with E-state index in [-0.39, 0.29) is 0 Å². The van der Waals surface area contributed by atoms with Gasteiger partial charge in [-0.25, -0.2) is 13.0 Å². The zero-order valence-corrected chi connectivity index (χ0v) is 38.5. The summed E-state index contributed by atoms with van der Waals surface area (Å²) in [5, 5.41) is 0. The smallest absolute Gasteiger partial charge is 0.458 e. The van der Waals surface area contributed by atoms with Crippen LogP contribution < -0.4 is 14.4 Å². The highest BCUT2D eigenvalue weighted by molar-refractivity contribution is 8.14. The van der Waals surface area contributed by atoms with Crippen LogP contribution in [0.4, 0.5) is 49.1 Å². The van der Waals surface area contributed by atoms with E-state index >= 15 is 0 Å². The van der Waals surface area contributed by atoms with Crippen molar-refractivity contribution in [3.8, 4) is 0 Å². The molecule has 2 aromatic rings. The second kappa shape index (κ2) is 28.5. The minimum atomic E-state index is -5.90. The number of allylic oxidation sites excluding steroid dienone is 2. The lowest BCUT2D eigenvalue weighted by Gasteiger charge is -2.25. The summed E-state index contributed by atoms with van der Waals surface area (Å²) in [6, 6.07) is 18.9. The SMILES string of the molecule is CCCCN(CCCC)c1ccc([N+](=C2C=CC(=[N+](CCCC)CCCC)CC2)c2ccc(N(CCCC)CCCC)cc2)cc1.O=S(=O)([N-]SOOC(F)(F)F)C(F)(F)F. The predicted molar refractivity (Wildman–Crippen MR) is 241 cm³/mol. The number of sulfonamides is 1. The minimum absolute atomic E-state index is 1.01. The van der Waals surface area contributed by atoms with Crippen LogP contribution in [0.15, 0.2) is 60.7 Å². The molecule has 0 heterocycles. The van der Waals surface area contributed by atoms with Gasteiger partial charge in [0.2, 0.25) is 11.4 Å². The molecule has 61 heavy (non-hydrogen) atoms. The number of unbranched alkanes of at least 4 members (excludes halogenated alkanes) is 6. The molecule has 0 bridgehead atoms. The summed E-state index contributed by atoms with van der Waals surface area (Å²) in [7, 11) is -5.90. The third-order valence-electron chi connectivity index (χ3n) is 10.0. The van der Waals surface area contributed by atoms with Gasteiger partial charge in [-0.15, -0.1) is 18.1 Å². The molecule has 17 heteroatoms. The third-order valence-corrected chi connectivity index (χ3v) is 11.8. The van der Waals surface area contributed by atoms with Gasteiger partial charge in [-0.1, -0.05) is 92.3 Å². The molecule has 0 aromatic heterocycles. The van der Waals surface area contributed by atoms with Crippen LogP contribution in [0.5, 0.6) is 0 Å². The van der Waals surface area contributed by atoms with Gasteiger partial charge in [0.1, 0.15) is 13.1 Å². The molecule has 0 saturated carbocycles. The van der Waals surface area contributed by atoms with Crippen molar-refractivity contribution in [2.45, 2.75) is 143 Å². The predicted octanol–water partition coefficient (Wildman–Crippen LogP) is 13.4. The van der Waals surface area contributed by atoms with Crippen molar-refractivity contribution in [3.63, 3.8) is 0 Å². The maximum absolute atomic E-state index is 11.5. The first-order valence-electron chi connectivity index (χ1n) is 21.8. The Morgan fingerprint density at radius 1 is 0.607 bits per heavy atom. The summed E-state index contributed by atoms with van der Waals surface area (Å²) in [5.74, 6) is 0. The van der Waals surface area contributed by atoms with Crippen LogP contribution in [0, 0.1) is 0 Å². The fourth-order valence-electron chi connectivity index (χ4n) is 6.55. The Morgan fingerprint density at radius 2 is 0.984 bits per heavy atom. The van der Waals surface area contributed by atoms with Crippen LogP contribution in [-0.4, -0.2) is 75.6 Å². The maximum atomic E-state index is 11.5. The lowest BCUT2D eigenvalue weighted by Crippen LogP contribution is -2.27. The van der Waals surface area contributed by atoms with Crippen LogP contribution in [0.3, 0.4) is 0 Å². The second-order valence-electron chi connectivity index (χ2n) is 14.9. The van der Waals surface area contributed by atoms with Crippen LogP contribution in [0.2, 0.25) is 0 Å². The summed E-state index contributed by atoms with van der Waals surface area (Å²) in [6.45, 7) is 20.7. The standard InChI is InChI=1S/C42H68N4.C2F6NO4S2/c1-7-13-31-43(32-14-8-2)37-19-25-40(26-20-37)46(41-27-21-38(22-28-41)44(33-15-9-3)34-16-10-4)42-29-23-39(24-30-42)45(35-17-11-5)36-18-12-6;3-1(4,5)12-13-14-9-15(10,11)2(6,7)8/h19-23,25-29H,7-18,24,30-36H2,1-6H3;/q+2;-1. The Morgan fingerprint density at radius 3 is 1.31 bits per heavy atom. The Hall–Kier alpha value is -3.12. The summed E-state index contributed by atoms with van der Waals surface area (Å²) >= 11 is -1.01. The number of hydrogen-bond donors (Lipinski definition) is 0. The third kappa shape index (κ3) is 19.9. The van der Waals surface area contributed by atoms with Crippen molar-refractivity contribution in [1.82, 2.24) is 4.58 Å². The molecule has 1 aliphatic carbocycles. The molecule has 0 aliphatic heterocycles. The van der Waals surface area contributed by atoms with Gasteiger partial charge in [0.05, 0.1) is 0 Å².